The maximum atomic E-state index is 12.2. The van der Waals surface area contributed by atoms with Gasteiger partial charge in [-0.15, -0.1) is 0 Å². The molecule has 3 heterocycles. The zero-order valence-electron chi connectivity index (χ0n) is 9.65. The van der Waals surface area contributed by atoms with Crippen LogP contribution in [0.3, 0.4) is 0 Å². The minimum atomic E-state index is -0.139. The fourth-order valence-electron chi connectivity index (χ4n) is 3.20. The number of nitrogens with zero attached hydrogens (tertiary/aromatic N) is 1. The number of ether oxygens (including phenoxy) is 1. The van der Waals surface area contributed by atoms with Gasteiger partial charge in [0.2, 0.25) is 0 Å². The summed E-state index contributed by atoms with van der Waals surface area (Å²) >= 11 is 0. The molecular weight excluding hydrogens is 204 g/mol. The van der Waals surface area contributed by atoms with Gasteiger partial charge in [-0.05, 0) is 38.1 Å². The van der Waals surface area contributed by atoms with Crippen molar-refractivity contribution in [3.63, 3.8) is 0 Å². The van der Waals surface area contributed by atoms with Gasteiger partial charge in [-0.2, -0.15) is 0 Å². The number of fused-ring (bicyclic) bond motifs is 1. The predicted molar refractivity (Wildman–Crippen MR) is 60.1 cm³/mol. The molecule has 16 heavy (non-hydrogen) atoms. The molecule has 3 aliphatic heterocycles. The minimum absolute atomic E-state index is 0.139. The van der Waals surface area contributed by atoms with E-state index in [1.165, 1.54) is 12.8 Å². The summed E-state index contributed by atoms with van der Waals surface area (Å²) in [6.07, 6.45) is 4.34. The first-order valence-electron chi connectivity index (χ1n) is 6.48. The average Bonchev–Trinajstić information content (AvgIpc) is 2.97. The molecule has 0 saturated carbocycles. The zero-order chi connectivity index (χ0) is 11.0. The van der Waals surface area contributed by atoms with Gasteiger partial charge in [0.05, 0.1) is 0 Å². The number of likely N-dealkylation sites (tertiary alicyclic amines) is 1. The number of hydrogen-bond acceptors (Lipinski definition) is 3. The Labute approximate surface area is 96.3 Å². The molecule has 0 radical (unpaired) electrons. The number of rotatable bonds is 1. The Bertz CT molecular complexity index is 262. The first-order chi connectivity index (χ1) is 7.84. The average molecular weight is 224 g/mol. The van der Waals surface area contributed by atoms with Crippen LogP contribution in [-0.4, -0.2) is 49.2 Å². The molecule has 3 aliphatic rings. The van der Waals surface area contributed by atoms with Crippen molar-refractivity contribution in [2.75, 3.05) is 26.2 Å². The van der Waals surface area contributed by atoms with Crippen LogP contribution in [0.15, 0.2) is 0 Å². The van der Waals surface area contributed by atoms with E-state index in [0.717, 1.165) is 39.1 Å². The molecule has 3 fully saturated rings. The summed E-state index contributed by atoms with van der Waals surface area (Å²) in [6.45, 7) is 3.71. The van der Waals surface area contributed by atoms with E-state index in [2.05, 4.69) is 5.32 Å². The van der Waals surface area contributed by atoms with E-state index in [1.807, 2.05) is 4.90 Å². The van der Waals surface area contributed by atoms with Crippen LogP contribution in [0.2, 0.25) is 0 Å². The molecule has 1 N–H and O–H groups in total. The largest absolute Gasteiger partial charge is 0.368 e. The van der Waals surface area contributed by atoms with Crippen molar-refractivity contribution in [3.05, 3.63) is 0 Å². The van der Waals surface area contributed by atoms with Crippen LogP contribution in [0.1, 0.15) is 25.7 Å². The van der Waals surface area contributed by atoms with Crippen LogP contribution in [0.25, 0.3) is 0 Å². The van der Waals surface area contributed by atoms with Crippen LogP contribution >= 0.6 is 0 Å². The topological polar surface area (TPSA) is 41.6 Å². The van der Waals surface area contributed by atoms with Gasteiger partial charge in [-0.25, -0.2) is 0 Å². The third kappa shape index (κ3) is 1.84. The molecule has 4 nitrogen and oxygen atoms in total. The standard InChI is InChI=1S/C12H20N2O2/c15-12(11-4-2-6-16-11)14-7-9-3-1-5-13-10(9)8-14/h9-11,13H,1-8H2/t9-,10+,11?/m0/s1. The van der Waals surface area contributed by atoms with Gasteiger partial charge in [0.1, 0.15) is 6.10 Å². The SMILES string of the molecule is O=C(C1CCCO1)N1C[C@@H]2CCCN[C@@H]2C1. The molecule has 0 aromatic rings. The summed E-state index contributed by atoms with van der Waals surface area (Å²) in [5.74, 6) is 0.910. The smallest absolute Gasteiger partial charge is 0.251 e. The van der Waals surface area contributed by atoms with E-state index in [-0.39, 0.29) is 12.0 Å². The molecule has 3 atom stereocenters. The summed E-state index contributed by atoms with van der Waals surface area (Å²) in [5, 5.41) is 3.52. The summed E-state index contributed by atoms with van der Waals surface area (Å²) in [4.78, 5) is 14.2. The van der Waals surface area contributed by atoms with Crippen molar-refractivity contribution in [1.82, 2.24) is 10.2 Å². The van der Waals surface area contributed by atoms with E-state index in [4.69, 9.17) is 4.74 Å². The van der Waals surface area contributed by atoms with Gasteiger partial charge < -0.3 is 15.0 Å². The van der Waals surface area contributed by atoms with E-state index in [0.29, 0.717) is 12.0 Å². The summed E-state index contributed by atoms with van der Waals surface area (Å²) < 4.78 is 5.47. The van der Waals surface area contributed by atoms with Crippen molar-refractivity contribution >= 4 is 5.91 Å². The number of nitrogens with one attached hydrogen (secondary N) is 1. The highest BCUT2D eigenvalue weighted by atomic mass is 16.5. The lowest BCUT2D eigenvalue weighted by atomic mass is 9.94. The van der Waals surface area contributed by atoms with E-state index in [1.54, 1.807) is 0 Å². The van der Waals surface area contributed by atoms with E-state index in [9.17, 15) is 4.79 Å². The Morgan fingerprint density at radius 1 is 1.25 bits per heavy atom. The molecule has 4 heteroatoms. The van der Waals surface area contributed by atoms with Gasteiger partial charge in [0, 0.05) is 25.7 Å². The van der Waals surface area contributed by atoms with Crippen LogP contribution in [-0.2, 0) is 9.53 Å². The van der Waals surface area contributed by atoms with Crippen molar-refractivity contribution in [3.8, 4) is 0 Å². The van der Waals surface area contributed by atoms with Crippen LogP contribution in [0, 0.1) is 5.92 Å². The van der Waals surface area contributed by atoms with Gasteiger partial charge in [0.25, 0.3) is 5.91 Å². The second kappa shape index (κ2) is 4.34. The Hall–Kier alpha value is -0.610. The predicted octanol–water partition coefficient (Wildman–Crippen LogP) is 0.376. The molecule has 0 spiro atoms. The summed E-state index contributed by atoms with van der Waals surface area (Å²) in [7, 11) is 0. The number of hydrogen-bond donors (Lipinski definition) is 1. The molecule has 0 aromatic heterocycles. The zero-order valence-corrected chi connectivity index (χ0v) is 9.65. The Morgan fingerprint density at radius 3 is 2.94 bits per heavy atom. The monoisotopic (exact) mass is 224 g/mol. The van der Waals surface area contributed by atoms with Gasteiger partial charge in [-0.3, -0.25) is 4.79 Å². The molecule has 3 saturated heterocycles. The highest BCUT2D eigenvalue weighted by Crippen LogP contribution is 2.26. The molecule has 1 amide bonds. The molecular formula is C12H20N2O2. The summed E-state index contributed by atoms with van der Waals surface area (Å²) in [5.41, 5.74) is 0. The Kier molecular flexibility index (Phi) is 2.86. The third-order valence-electron chi connectivity index (χ3n) is 4.12. The fraction of sp³-hybridized carbons (Fsp3) is 0.917. The number of piperidine rings is 1. The Balaban J connectivity index is 1.61. The number of carbonyl (C=O) groups is 1. The van der Waals surface area contributed by atoms with Crippen molar-refractivity contribution < 1.29 is 9.53 Å². The van der Waals surface area contributed by atoms with Crippen LogP contribution in [0.5, 0.6) is 0 Å². The fourth-order valence-corrected chi connectivity index (χ4v) is 3.20. The number of amides is 1. The number of carbonyl (C=O) groups excluding carboxylic acids is 1. The molecule has 0 aliphatic carbocycles. The maximum absolute atomic E-state index is 12.2. The molecule has 1 unspecified atom stereocenters. The molecule has 0 aromatic carbocycles. The molecule has 0 bridgehead atoms. The first-order valence-corrected chi connectivity index (χ1v) is 6.48. The second-order valence-electron chi connectivity index (χ2n) is 5.21. The highest BCUT2D eigenvalue weighted by Gasteiger charge is 2.39. The quantitative estimate of drug-likeness (QED) is 0.700. The first kappa shape index (κ1) is 10.5. The third-order valence-corrected chi connectivity index (χ3v) is 4.12. The minimum Gasteiger partial charge on any atom is -0.368 e. The van der Waals surface area contributed by atoms with E-state index >= 15 is 0 Å². The van der Waals surface area contributed by atoms with Crippen molar-refractivity contribution in [1.29, 1.82) is 0 Å². The van der Waals surface area contributed by atoms with Gasteiger partial charge in [0.15, 0.2) is 0 Å². The van der Waals surface area contributed by atoms with E-state index < -0.39 is 0 Å². The normalized spacial score (nSPS) is 38.8. The van der Waals surface area contributed by atoms with Crippen LogP contribution in [0.4, 0.5) is 0 Å². The van der Waals surface area contributed by atoms with Gasteiger partial charge in [-0.1, -0.05) is 0 Å². The lowest BCUT2D eigenvalue weighted by Gasteiger charge is -2.24. The Morgan fingerprint density at radius 2 is 2.19 bits per heavy atom. The second-order valence-corrected chi connectivity index (χ2v) is 5.21. The molecule has 3 rings (SSSR count). The van der Waals surface area contributed by atoms with Crippen molar-refractivity contribution in [2.24, 2.45) is 5.92 Å². The lowest BCUT2D eigenvalue weighted by Crippen LogP contribution is -2.42. The molecule has 90 valence electrons. The summed E-state index contributed by atoms with van der Waals surface area (Å²) in [6, 6.07) is 0.541. The van der Waals surface area contributed by atoms with Crippen LogP contribution < -0.4 is 5.32 Å². The van der Waals surface area contributed by atoms with Gasteiger partial charge >= 0.3 is 0 Å². The lowest BCUT2D eigenvalue weighted by molar-refractivity contribution is -0.140. The maximum Gasteiger partial charge on any atom is 0.251 e. The highest BCUT2D eigenvalue weighted by molar-refractivity contribution is 5.81. The van der Waals surface area contributed by atoms with Crippen molar-refractivity contribution in [2.45, 2.75) is 37.8 Å².